The van der Waals surface area contributed by atoms with Gasteiger partial charge in [-0.25, -0.2) is 8.78 Å². The highest BCUT2D eigenvalue weighted by Crippen LogP contribution is 2.80. The quantitative estimate of drug-likeness (QED) is 0.440. The Balaban J connectivity index is 3.45. The summed E-state index contributed by atoms with van der Waals surface area (Å²) >= 11 is 0. The lowest BCUT2D eigenvalue weighted by Crippen LogP contribution is -2.50. The third kappa shape index (κ3) is 3.05. The third-order valence-corrected chi connectivity index (χ3v) is 5.20. The minimum Gasteiger partial charge on any atom is -0.201 e. The normalized spacial score (nSPS) is 19.3. The van der Waals surface area contributed by atoms with Crippen molar-refractivity contribution in [2.75, 3.05) is 0 Å². The lowest BCUT2D eigenvalue weighted by molar-refractivity contribution is -0.266. The molecule has 0 aromatic rings. The van der Waals surface area contributed by atoms with Crippen LogP contribution in [-0.4, -0.2) is 29.3 Å². The summed E-state index contributed by atoms with van der Waals surface area (Å²) in [6.45, 7) is 0. The van der Waals surface area contributed by atoms with Gasteiger partial charge in [-0.15, -0.1) is 0 Å². The Bertz CT molecular complexity index is 363. The van der Waals surface area contributed by atoms with E-state index in [2.05, 4.69) is 0 Å². The van der Waals surface area contributed by atoms with Crippen LogP contribution < -0.4 is 0 Å². The zero-order valence-electron chi connectivity index (χ0n) is 9.47. The highest BCUT2D eigenvalue weighted by Gasteiger charge is 2.83. The topological polar surface area (TPSA) is 0 Å². The maximum Gasteiger partial charge on any atom is 0.457 e. The average molecular weight is 360 g/mol. The molecule has 0 radical (unpaired) electrons. The van der Waals surface area contributed by atoms with Gasteiger partial charge in [-0.1, -0.05) is 0 Å². The van der Waals surface area contributed by atoms with Crippen LogP contribution in [0.5, 0.6) is 0 Å². The van der Waals surface area contributed by atoms with Gasteiger partial charge in [0.1, 0.15) is 7.92 Å². The fourth-order valence-corrected chi connectivity index (χ4v) is 3.65. The van der Waals surface area contributed by atoms with Crippen LogP contribution in [0, 0.1) is 5.92 Å². The second-order valence-corrected chi connectivity index (χ2v) is 6.67. The highest BCUT2D eigenvalue weighted by molar-refractivity contribution is 7.61. The molecule has 0 unspecified atom stereocenters. The zero-order chi connectivity index (χ0) is 17.1. The van der Waals surface area contributed by atoms with Crippen molar-refractivity contribution in [2.45, 2.75) is 42.2 Å². The SMILES string of the molecule is FC(F)(C1CC1)P(C(F)(F)C(F)(F)F)C(F)(F)C(F)(F)F. The zero-order valence-corrected chi connectivity index (χ0v) is 10.4. The van der Waals surface area contributed by atoms with Crippen LogP contribution in [0.15, 0.2) is 0 Å². The Morgan fingerprint density at radius 1 is 0.571 bits per heavy atom. The van der Waals surface area contributed by atoms with E-state index in [-0.39, 0.29) is 0 Å². The van der Waals surface area contributed by atoms with Gasteiger partial charge in [0, 0.05) is 5.92 Å². The fraction of sp³-hybridized carbons (Fsp3) is 1.00. The molecule has 1 saturated carbocycles. The summed E-state index contributed by atoms with van der Waals surface area (Å²) in [7, 11) is -6.39. The number of alkyl halides is 12. The van der Waals surface area contributed by atoms with Crippen LogP contribution >= 0.6 is 7.92 Å². The van der Waals surface area contributed by atoms with E-state index >= 15 is 0 Å². The summed E-state index contributed by atoms with van der Waals surface area (Å²) in [6.07, 6.45) is -15.3. The molecule has 1 fully saturated rings. The monoisotopic (exact) mass is 360 g/mol. The van der Waals surface area contributed by atoms with Gasteiger partial charge in [0.25, 0.3) is 5.66 Å². The Morgan fingerprint density at radius 3 is 1.05 bits per heavy atom. The molecule has 0 aromatic carbocycles. The van der Waals surface area contributed by atoms with Gasteiger partial charge >= 0.3 is 23.7 Å². The number of halogens is 12. The Kier molecular flexibility index (Phi) is 4.25. The van der Waals surface area contributed by atoms with Gasteiger partial charge in [-0.05, 0) is 12.8 Å². The molecule has 1 aliphatic rings. The molecule has 0 aliphatic heterocycles. The van der Waals surface area contributed by atoms with Gasteiger partial charge < -0.3 is 0 Å². The molecule has 0 heterocycles. The number of hydrogen-bond donors (Lipinski definition) is 0. The van der Waals surface area contributed by atoms with E-state index in [0.29, 0.717) is 0 Å². The van der Waals surface area contributed by atoms with Crippen molar-refractivity contribution in [1.29, 1.82) is 0 Å². The van der Waals surface area contributed by atoms with Crippen molar-refractivity contribution in [3.8, 4) is 0 Å². The van der Waals surface area contributed by atoms with E-state index in [9.17, 15) is 52.7 Å². The highest BCUT2D eigenvalue weighted by atomic mass is 31.1. The summed E-state index contributed by atoms with van der Waals surface area (Å²) in [5.74, 6) is -2.34. The molecule has 0 bridgehead atoms. The Labute approximate surface area is 110 Å². The second kappa shape index (κ2) is 4.79. The number of hydrogen-bond acceptors (Lipinski definition) is 0. The van der Waals surface area contributed by atoms with Crippen LogP contribution in [0.4, 0.5) is 52.7 Å². The van der Waals surface area contributed by atoms with Gasteiger partial charge in [0.15, 0.2) is 0 Å². The van der Waals surface area contributed by atoms with Crippen molar-refractivity contribution < 1.29 is 52.7 Å². The predicted octanol–water partition coefficient (Wildman–Crippen LogP) is 5.78. The molecule has 0 amide bonds. The van der Waals surface area contributed by atoms with Crippen molar-refractivity contribution in [1.82, 2.24) is 0 Å². The lowest BCUT2D eigenvalue weighted by Gasteiger charge is -2.39. The summed E-state index contributed by atoms with van der Waals surface area (Å²) in [5.41, 5.74) is -19.2. The first-order chi connectivity index (χ1) is 8.97. The van der Waals surface area contributed by atoms with Gasteiger partial charge in [-0.2, -0.15) is 43.9 Å². The lowest BCUT2D eigenvalue weighted by atomic mass is 10.4. The molecule has 21 heavy (non-hydrogen) atoms. The van der Waals surface area contributed by atoms with Crippen molar-refractivity contribution in [3.05, 3.63) is 0 Å². The van der Waals surface area contributed by atoms with E-state index in [1.54, 1.807) is 0 Å². The maximum atomic E-state index is 13.4. The molecule has 1 rings (SSSR count). The van der Waals surface area contributed by atoms with Gasteiger partial charge in [0.05, 0.1) is 0 Å². The minimum absolute atomic E-state index is 0.701. The van der Waals surface area contributed by atoms with Crippen LogP contribution in [0.25, 0.3) is 0 Å². The molecular formula is C8H5F12P. The molecule has 126 valence electrons. The molecule has 0 spiro atoms. The average Bonchev–Trinajstić information content (AvgIpc) is 2.93. The summed E-state index contributed by atoms with van der Waals surface area (Å²) in [4.78, 5) is 0. The molecule has 0 saturated heterocycles. The smallest absolute Gasteiger partial charge is 0.201 e. The molecular weight excluding hydrogens is 355 g/mol. The Morgan fingerprint density at radius 2 is 0.857 bits per heavy atom. The first-order valence-corrected chi connectivity index (χ1v) is 6.39. The van der Waals surface area contributed by atoms with E-state index in [1.807, 2.05) is 0 Å². The van der Waals surface area contributed by atoms with Crippen molar-refractivity contribution >= 4 is 7.92 Å². The maximum absolute atomic E-state index is 13.4. The first-order valence-electron chi connectivity index (χ1n) is 5.04. The van der Waals surface area contributed by atoms with E-state index in [1.165, 1.54) is 0 Å². The molecule has 0 nitrogen and oxygen atoms in total. The summed E-state index contributed by atoms with van der Waals surface area (Å²) < 4.78 is 151. The van der Waals surface area contributed by atoms with E-state index in [4.69, 9.17) is 0 Å². The standard InChI is InChI=1S/C8H5F12P/c9-4(10,3-1-2-3)21(7(17,18)5(11,12)13)8(19,20)6(14,15)16/h3H,1-2H2. The molecule has 13 heteroatoms. The first kappa shape index (κ1) is 18.6. The third-order valence-electron chi connectivity index (χ3n) is 2.61. The van der Waals surface area contributed by atoms with Crippen LogP contribution in [0.2, 0.25) is 0 Å². The molecule has 0 N–H and O–H groups in total. The second-order valence-electron chi connectivity index (χ2n) is 4.28. The van der Waals surface area contributed by atoms with Crippen molar-refractivity contribution in [2.24, 2.45) is 5.92 Å². The largest absolute Gasteiger partial charge is 0.457 e. The molecule has 0 aromatic heterocycles. The van der Waals surface area contributed by atoms with Crippen LogP contribution in [-0.2, 0) is 0 Å². The number of rotatable bonds is 4. The minimum atomic E-state index is -6.95. The van der Waals surface area contributed by atoms with E-state index in [0.717, 1.165) is 0 Å². The van der Waals surface area contributed by atoms with Crippen LogP contribution in [0.1, 0.15) is 12.8 Å². The van der Waals surface area contributed by atoms with Gasteiger partial charge in [-0.3, -0.25) is 0 Å². The van der Waals surface area contributed by atoms with Crippen molar-refractivity contribution in [3.63, 3.8) is 0 Å². The predicted molar refractivity (Wildman–Crippen MR) is 46.6 cm³/mol. The van der Waals surface area contributed by atoms with Gasteiger partial charge in [0.2, 0.25) is 0 Å². The fourth-order valence-electron chi connectivity index (χ4n) is 1.42. The Hall–Kier alpha value is -0.410. The molecule has 1 aliphatic carbocycles. The van der Waals surface area contributed by atoms with Crippen LogP contribution in [0.3, 0.4) is 0 Å². The van der Waals surface area contributed by atoms with E-state index < -0.39 is 56.0 Å². The summed E-state index contributed by atoms with van der Waals surface area (Å²) in [5, 5.41) is 0. The molecule has 0 atom stereocenters. The summed E-state index contributed by atoms with van der Waals surface area (Å²) in [6, 6.07) is 0.